The van der Waals surface area contributed by atoms with Crippen LogP contribution < -0.4 is 0 Å². The third-order valence-electron chi connectivity index (χ3n) is 0.754. The smallest absolute Gasteiger partial charge is 0.333 e. The summed E-state index contributed by atoms with van der Waals surface area (Å²) < 4.78 is 10.3. The molecule has 4 N–H and O–H groups in total. The third-order valence-corrected chi connectivity index (χ3v) is 4.81. The van der Waals surface area contributed by atoms with Crippen molar-refractivity contribution < 1.29 is 24.1 Å². The molecule has 0 saturated carbocycles. The van der Waals surface area contributed by atoms with Gasteiger partial charge in [0.1, 0.15) is 0 Å². The Kier molecular flexibility index (Phi) is 3.17. The van der Waals surface area contributed by atoms with Gasteiger partial charge in [-0.2, -0.15) is 0 Å². The van der Waals surface area contributed by atoms with Gasteiger partial charge in [-0.25, -0.2) is 4.57 Å². The van der Waals surface area contributed by atoms with Crippen molar-refractivity contribution in [2.24, 2.45) is 0 Å². The van der Waals surface area contributed by atoms with Gasteiger partial charge in [-0.05, 0) is 11.8 Å². The van der Waals surface area contributed by atoms with E-state index in [1.165, 1.54) is 0 Å². The van der Waals surface area contributed by atoms with Gasteiger partial charge >= 0.3 is 7.75 Å². The maximum Gasteiger partial charge on any atom is 0.410 e. The van der Waals surface area contributed by atoms with Crippen molar-refractivity contribution in [3.63, 3.8) is 0 Å². The average molecular weight is 207 g/mol. The second-order valence-electron chi connectivity index (χ2n) is 1.52. The highest BCUT2D eigenvalue weighted by Crippen LogP contribution is 2.56. The molecular weight excluding hydrogens is 200 g/mol. The molecule has 0 heterocycles. The van der Waals surface area contributed by atoms with Gasteiger partial charge in [0, 0.05) is 7.05 Å². The Hall–Kier alpha value is 0.680. The Morgan fingerprint density at radius 1 is 1.30 bits per heavy atom. The van der Waals surface area contributed by atoms with Crippen LogP contribution in [0.5, 0.6) is 0 Å². The summed E-state index contributed by atoms with van der Waals surface area (Å²) in [6, 6.07) is 0. The second-order valence-corrected chi connectivity index (χ2v) is 6.55. The molecule has 0 aliphatic heterocycles. The zero-order valence-corrected chi connectivity index (χ0v) is 7.55. The standard InChI is InChI=1S/CH7NO5P2S/c1-2(8(3,4)5)9(6,7)10/h1H3,(H2,3,4,5)(H2,6,7,10). The SMILES string of the molecule is CN(P(=O)(O)O)P(O)(O)=S. The molecule has 0 fully saturated rings. The molecule has 0 amide bonds. The van der Waals surface area contributed by atoms with Crippen LogP contribution in [-0.2, 0) is 16.4 Å². The maximum atomic E-state index is 10.2. The van der Waals surface area contributed by atoms with Gasteiger partial charge in [-0.15, -0.1) is 4.44 Å². The van der Waals surface area contributed by atoms with Gasteiger partial charge in [-0.1, -0.05) is 0 Å². The molecule has 0 saturated heterocycles. The van der Waals surface area contributed by atoms with Crippen LogP contribution in [0.15, 0.2) is 0 Å². The average Bonchev–Trinajstić information content (AvgIpc) is 1.59. The topological polar surface area (TPSA) is 101 Å². The van der Waals surface area contributed by atoms with Crippen LogP contribution in [0, 0.1) is 0 Å². The fraction of sp³-hybridized carbons (Fsp3) is 1.00. The molecule has 0 aliphatic rings. The first-order chi connectivity index (χ1) is 4.15. The van der Waals surface area contributed by atoms with Crippen LogP contribution in [-0.4, -0.2) is 31.1 Å². The van der Waals surface area contributed by atoms with E-state index < -0.39 is 14.4 Å². The molecule has 0 radical (unpaired) electrons. The van der Waals surface area contributed by atoms with E-state index in [4.69, 9.17) is 19.6 Å². The molecule has 0 atom stereocenters. The molecule has 0 aliphatic carbocycles. The van der Waals surface area contributed by atoms with Gasteiger partial charge in [0.15, 0.2) is 0 Å². The first-order valence-electron chi connectivity index (χ1n) is 2.01. The van der Waals surface area contributed by atoms with E-state index >= 15 is 0 Å². The van der Waals surface area contributed by atoms with Crippen LogP contribution in [0.25, 0.3) is 0 Å². The lowest BCUT2D eigenvalue weighted by molar-refractivity contribution is 0.316. The van der Waals surface area contributed by atoms with E-state index in [1.807, 2.05) is 0 Å². The molecule has 0 spiro atoms. The van der Waals surface area contributed by atoms with Gasteiger partial charge in [-0.3, -0.25) is 0 Å². The van der Waals surface area contributed by atoms with Crippen LogP contribution in [0.2, 0.25) is 0 Å². The highest BCUT2D eigenvalue weighted by molar-refractivity contribution is 8.09. The molecule has 0 aromatic heterocycles. The van der Waals surface area contributed by atoms with Crippen molar-refractivity contribution in [2.45, 2.75) is 0 Å². The highest BCUT2D eigenvalue weighted by atomic mass is 32.5. The van der Waals surface area contributed by atoms with E-state index in [0.717, 1.165) is 7.05 Å². The van der Waals surface area contributed by atoms with Crippen molar-refractivity contribution in [1.29, 1.82) is 0 Å². The summed E-state index contributed by atoms with van der Waals surface area (Å²) in [6.45, 7) is -3.97. The molecule has 0 unspecified atom stereocenters. The molecule has 9 heteroatoms. The predicted molar refractivity (Wildman–Crippen MR) is 38.5 cm³/mol. The van der Waals surface area contributed by atoms with Gasteiger partial charge in [0.05, 0.1) is 0 Å². The quantitative estimate of drug-likeness (QED) is 0.440. The Morgan fingerprint density at radius 2 is 1.60 bits per heavy atom. The maximum absolute atomic E-state index is 10.2. The monoisotopic (exact) mass is 207 g/mol. The highest BCUT2D eigenvalue weighted by Gasteiger charge is 2.31. The molecule has 62 valence electrons. The van der Waals surface area contributed by atoms with Crippen LogP contribution in [0.3, 0.4) is 0 Å². The fourth-order valence-corrected chi connectivity index (χ4v) is 2.22. The van der Waals surface area contributed by atoms with Gasteiger partial charge in [0.2, 0.25) is 0 Å². The second kappa shape index (κ2) is 2.97. The van der Waals surface area contributed by atoms with E-state index in [2.05, 4.69) is 11.8 Å². The number of rotatable bonds is 2. The summed E-state index contributed by atoms with van der Waals surface area (Å²) >= 11 is 4.01. The van der Waals surface area contributed by atoms with Crippen molar-refractivity contribution in [1.82, 2.24) is 4.44 Å². The molecule has 0 rings (SSSR count). The van der Waals surface area contributed by atoms with Crippen molar-refractivity contribution in [3.8, 4) is 0 Å². The van der Waals surface area contributed by atoms with E-state index in [9.17, 15) is 4.57 Å². The summed E-state index contributed by atoms with van der Waals surface area (Å²) in [5.74, 6) is 0. The first-order valence-corrected chi connectivity index (χ1v) is 6.24. The Bertz CT molecular complexity index is 182. The van der Waals surface area contributed by atoms with Crippen LogP contribution in [0.1, 0.15) is 0 Å². The van der Waals surface area contributed by atoms with Crippen molar-refractivity contribution in [3.05, 3.63) is 0 Å². The number of nitrogens with zero attached hydrogens (tertiary/aromatic N) is 1. The van der Waals surface area contributed by atoms with Crippen molar-refractivity contribution in [2.75, 3.05) is 7.05 Å². The fourth-order valence-electron chi connectivity index (χ4n) is 0.152. The lowest BCUT2D eigenvalue weighted by atomic mass is 11.6. The van der Waals surface area contributed by atoms with Crippen LogP contribution >= 0.6 is 14.4 Å². The lowest BCUT2D eigenvalue weighted by Crippen LogP contribution is -2.09. The summed E-state index contributed by atoms with van der Waals surface area (Å²) in [5, 5.41) is 0. The van der Waals surface area contributed by atoms with E-state index in [0.29, 0.717) is 0 Å². The summed E-state index contributed by atoms with van der Waals surface area (Å²) in [6.07, 6.45) is 0. The molecule has 0 aromatic rings. The summed E-state index contributed by atoms with van der Waals surface area (Å²) in [4.78, 5) is 33.7. The Morgan fingerprint density at radius 3 is 1.60 bits per heavy atom. The minimum Gasteiger partial charge on any atom is -0.333 e. The third kappa shape index (κ3) is 3.18. The Labute approximate surface area is 62.5 Å². The predicted octanol–water partition coefficient (Wildman–Crippen LogP) is -0.780. The van der Waals surface area contributed by atoms with Crippen LogP contribution in [0.4, 0.5) is 0 Å². The number of hydrogen-bond acceptors (Lipinski definition) is 2. The normalized spacial score (nSPS) is 14.2. The molecular formula is CH7NO5P2S. The summed E-state index contributed by atoms with van der Waals surface area (Å²) in [5.41, 5.74) is 0. The molecule has 0 bridgehead atoms. The van der Waals surface area contributed by atoms with E-state index in [1.54, 1.807) is 0 Å². The Balaban J connectivity index is 4.56. The summed E-state index contributed by atoms with van der Waals surface area (Å²) in [7, 11) is -3.75. The van der Waals surface area contributed by atoms with Gasteiger partial charge in [0.25, 0.3) is 6.64 Å². The molecule has 0 aromatic carbocycles. The molecule has 6 nitrogen and oxygen atoms in total. The van der Waals surface area contributed by atoms with Gasteiger partial charge < -0.3 is 19.6 Å². The van der Waals surface area contributed by atoms with Crippen molar-refractivity contribution >= 4 is 26.2 Å². The minimum absolute atomic E-state index is 0.0787. The zero-order valence-electron chi connectivity index (χ0n) is 4.95. The largest absolute Gasteiger partial charge is 0.410 e. The zero-order chi connectivity index (χ0) is 8.58. The minimum atomic E-state index is -4.60. The van der Waals surface area contributed by atoms with E-state index in [-0.39, 0.29) is 4.44 Å². The first kappa shape index (κ1) is 10.7. The number of hydrogen-bond donors (Lipinski definition) is 4. The molecule has 10 heavy (non-hydrogen) atoms. The lowest BCUT2D eigenvalue weighted by Gasteiger charge is -2.20.